The topological polar surface area (TPSA) is 58.6 Å². The summed E-state index contributed by atoms with van der Waals surface area (Å²) in [6, 6.07) is 9.68. The summed E-state index contributed by atoms with van der Waals surface area (Å²) < 4.78 is 18.6. The summed E-state index contributed by atoms with van der Waals surface area (Å²) in [6.45, 7) is 4.13. The number of hydrogen-bond acceptors (Lipinski definition) is 3. The number of hydrogen-bond donors (Lipinski definition) is 1. The Labute approximate surface area is 186 Å². The Bertz CT molecular complexity index is 862. The van der Waals surface area contributed by atoms with Crippen molar-refractivity contribution < 1.29 is 18.7 Å². The highest BCUT2D eigenvalue weighted by Gasteiger charge is 2.29. The van der Waals surface area contributed by atoms with E-state index in [9.17, 15) is 14.0 Å². The molecule has 0 bridgehead atoms. The Hall–Kier alpha value is -2.31. The van der Waals surface area contributed by atoms with Gasteiger partial charge in [0.2, 0.25) is 5.91 Å². The number of carbonyl (C=O) groups excluding carboxylic acids is 2. The van der Waals surface area contributed by atoms with Gasteiger partial charge < -0.3 is 15.0 Å². The molecule has 0 heterocycles. The van der Waals surface area contributed by atoms with E-state index in [1.165, 1.54) is 29.2 Å². The summed E-state index contributed by atoms with van der Waals surface area (Å²) in [7, 11) is 0. The maximum Gasteiger partial charge on any atom is 0.261 e. The standard InChI is InChI=1S/C22H25Cl2FN2O3/c1-3-11-26-22(29)20(4-2)27(13-15-5-6-16(23)12-19(15)24)21(28)14-30-18-9-7-17(25)8-10-18/h5-10,12,20H,3-4,11,13-14H2,1-2H3,(H,26,29)/t20-/m1/s1. The molecule has 1 N–H and O–H groups in total. The third-order valence-electron chi connectivity index (χ3n) is 4.47. The largest absolute Gasteiger partial charge is 0.484 e. The second kappa shape index (κ2) is 11.8. The molecule has 0 aliphatic carbocycles. The summed E-state index contributed by atoms with van der Waals surface area (Å²) in [4.78, 5) is 27.1. The fourth-order valence-corrected chi connectivity index (χ4v) is 3.35. The van der Waals surface area contributed by atoms with Crippen LogP contribution in [0.5, 0.6) is 5.75 Å². The quantitative estimate of drug-likeness (QED) is 0.558. The summed E-state index contributed by atoms with van der Waals surface area (Å²) in [6.07, 6.45) is 1.20. The van der Waals surface area contributed by atoms with Crippen molar-refractivity contribution in [3.63, 3.8) is 0 Å². The molecule has 1 atom stereocenters. The van der Waals surface area contributed by atoms with Crippen molar-refractivity contribution in [1.29, 1.82) is 0 Å². The monoisotopic (exact) mass is 454 g/mol. The van der Waals surface area contributed by atoms with Crippen molar-refractivity contribution in [1.82, 2.24) is 10.2 Å². The predicted octanol–water partition coefficient (Wildman–Crippen LogP) is 4.84. The van der Waals surface area contributed by atoms with Gasteiger partial charge in [0, 0.05) is 23.1 Å². The van der Waals surface area contributed by atoms with E-state index < -0.39 is 11.9 Å². The molecule has 0 aromatic heterocycles. The Morgan fingerprint density at radius 1 is 1.13 bits per heavy atom. The number of benzene rings is 2. The molecule has 8 heteroatoms. The molecule has 0 aliphatic heterocycles. The van der Waals surface area contributed by atoms with Crippen LogP contribution in [0.1, 0.15) is 32.3 Å². The van der Waals surface area contributed by atoms with E-state index in [0.717, 1.165) is 6.42 Å². The lowest BCUT2D eigenvalue weighted by atomic mass is 10.1. The maximum absolute atomic E-state index is 13.1. The molecule has 2 rings (SSSR count). The van der Waals surface area contributed by atoms with Gasteiger partial charge in [-0.1, -0.05) is 43.1 Å². The molecule has 2 aromatic carbocycles. The molecule has 0 unspecified atom stereocenters. The van der Waals surface area contributed by atoms with Crippen molar-refractivity contribution in [2.24, 2.45) is 0 Å². The van der Waals surface area contributed by atoms with Crippen molar-refractivity contribution in [2.45, 2.75) is 39.3 Å². The van der Waals surface area contributed by atoms with E-state index in [1.807, 2.05) is 13.8 Å². The van der Waals surface area contributed by atoms with Crippen LogP contribution in [0.25, 0.3) is 0 Å². The third kappa shape index (κ3) is 6.89. The minimum Gasteiger partial charge on any atom is -0.484 e. The van der Waals surface area contributed by atoms with Crippen molar-refractivity contribution in [2.75, 3.05) is 13.2 Å². The highest BCUT2D eigenvalue weighted by molar-refractivity contribution is 6.35. The number of halogens is 3. The zero-order chi connectivity index (χ0) is 22.1. The average Bonchev–Trinajstić information content (AvgIpc) is 2.73. The molecule has 2 aromatic rings. The van der Waals surface area contributed by atoms with Crippen molar-refractivity contribution in [3.05, 3.63) is 63.9 Å². The second-order valence-corrected chi connectivity index (χ2v) is 7.56. The van der Waals surface area contributed by atoms with Crippen LogP contribution in [0.4, 0.5) is 4.39 Å². The number of nitrogens with one attached hydrogen (secondary N) is 1. The smallest absolute Gasteiger partial charge is 0.261 e. The first-order chi connectivity index (χ1) is 14.3. The van der Waals surface area contributed by atoms with Crippen LogP contribution in [-0.2, 0) is 16.1 Å². The van der Waals surface area contributed by atoms with Gasteiger partial charge in [-0.05, 0) is 54.8 Å². The Kier molecular flexibility index (Phi) is 9.40. The van der Waals surface area contributed by atoms with Gasteiger partial charge in [0.1, 0.15) is 17.6 Å². The zero-order valence-corrected chi connectivity index (χ0v) is 18.5. The van der Waals surface area contributed by atoms with Crippen LogP contribution in [0.15, 0.2) is 42.5 Å². The molecule has 0 saturated heterocycles. The summed E-state index contributed by atoms with van der Waals surface area (Å²) in [5, 5.41) is 3.73. The van der Waals surface area contributed by atoms with Gasteiger partial charge in [-0.15, -0.1) is 0 Å². The molecular weight excluding hydrogens is 430 g/mol. The maximum atomic E-state index is 13.1. The zero-order valence-electron chi connectivity index (χ0n) is 17.0. The Morgan fingerprint density at radius 3 is 2.43 bits per heavy atom. The lowest BCUT2D eigenvalue weighted by Crippen LogP contribution is -2.50. The van der Waals surface area contributed by atoms with E-state index in [0.29, 0.717) is 34.3 Å². The fourth-order valence-electron chi connectivity index (χ4n) is 2.88. The second-order valence-electron chi connectivity index (χ2n) is 6.72. The highest BCUT2D eigenvalue weighted by Crippen LogP contribution is 2.24. The Morgan fingerprint density at radius 2 is 1.83 bits per heavy atom. The number of carbonyl (C=O) groups is 2. The van der Waals surface area contributed by atoms with Crippen LogP contribution >= 0.6 is 23.2 Å². The lowest BCUT2D eigenvalue weighted by molar-refractivity contribution is -0.143. The molecular formula is C22H25Cl2FN2O3. The molecule has 5 nitrogen and oxygen atoms in total. The minimum absolute atomic E-state index is 0.125. The van der Waals surface area contributed by atoms with E-state index in [4.69, 9.17) is 27.9 Å². The molecule has 0 aliphatic rings. The molecule has 30 heavy (non-hydrogen) atoms. The van der Waals surface area contributed by atoms with Crippen LogP contribution in [0.3, 0.4) is 0 Å². The minimum atomic E-state index is -0.687. The first-order valence-corrected chi connectivity index (χ1v) is 10.5. The molecule has 0 fully saturated rings. The van der Waals surface area contributed by atoms with Crippen LogP contribution in [-0.4, -0.2) is 35.9 Å². The van der Waals surface area contributed by atoms with Gasteiger partial charge >= 0.3 is 0 Å². The summed E-state index contributed by atoms with van der Waals surface area (Å²) in [5.41, 5.74) is 0.665. The predicted molar refractivity (Wildman–Crippen MR) is 116 cm³/mol. The van der Waals surface area contributed by atoms with Gasteiger partial charge in [0.15, 0.2) is 6.61 Å². The van der Waals surface area contributed by atoms with E-state index in [-0.39, 0.29) is 25.0 Å². The molecule has 0 saturated carbocycles. The van der Waals surface area contributed by atoms with Gasteiger partial charge in [0.25, 0.3) is 5.91 Å². The van der Waals surface area contributed by atoms with Gasteiger partial charge in [0.05, 0.1) is 0 Å². The SMILES string of the molecule is CCCNC(=O)[C@@H](CC)N(Cc1ccc(Cl)cc1Cl)C(=O)COc1ccc(F)cc1. The first-order valence-electron chi connectivity index (χ1n) is 9.75. The van der Waals surface area contributed by atoms with Gasteiger partial charge in [-0.2, -0.15) is 0 Å². The lowest BCUT2D eigenvalue weighted by Gasteiger charge is -2.30. The fraction of sp³-hybridized carbons (Fsp3) is 0.364. The van der Waals surface area contributed by atoms with Crippen LogP contribution in [0.2, 0.25) is 10.0 Å². The third-order valence-corrected chi connectivity index (χ3v) is 5.05. The van der Waals surface area contributed by atoms with E-state index in [2.05, 4.69) is 5.32 Å². The number of rotatable bonds is 10. The number of nitrogens with zero attached hydrogens (tertiary/aromatic N) is 1. The molecule has 0 spiro atoms. The Balaban J connectivity index is 2.22. The van der Waals surface area contributed by atoms with Crippen molar-refractivity contribution in [3.8, 4) is 5.75 Å². The molecule has 0 radical (unpaired) electrons. The van der Waals surface area contributed by atoms with Crippen LogP contribution in [0, 0.1) is 5.82 Å². The van der Waals surface area contributed by atoms with E-state index >= 15 is 0 Å². The normalized spacial score (nSPS) is 11.6. The van der Waals surface area contributed by atoms with Gasteiger partial charge in [-0.25, -0.2) is 4.39 Å². The van der Waals surface area contributed by atoms with E-state index in [1.54, 1.807) is 18.2 Å². The van der Waals surface area contributed by atoms with Crippen molar-refractivity contribution >= 4 is 35.0 Å². The summed E-state index contributed by atoms with van der Waals surface area (Å²) in [5.74, 6) is -0.660. The number of amides is 2. The molecule has 2 amide bonds. The highest BCUT2D eigenvalue weighted by atomic mass is 35.5. The molecule has 162 valence electrons. The number of ether oxygens (including phenoxy) is 1. The average molecular weight is 455 g/mol. The first kappa shape index (κ1) is 24.0. The summed E-state index contributed by atoms with van der Waals surface area (Å²) >= 11 is 12.3. The van der Waals surface area contributed by atoms with Gasteiger partial charge in [-0.3, -0.25) is 9.59 Å². The van der Waals surface area contributed by atoms with Crippen LogP contribution < -0.4 is 10.1 Å².